The molecule has 2 aliphatic heterocycles. The molecule has 2 heterocycles. The highest BCUT2D eigenvalue weighted by atomic mass is 32.1. The Labute approximate surface area is 173 Å². The SMILES string of the molecule is CC(C)O[C@@H]1CCN(C(C)(C)CCC(C)(S)N2CC[C@@H](OC(C)(C)C)C2)C1. The molecule has 5 heteroatoms. The lowest BCUT2D eigenvalue weighted by atomic mass is 9.93. The zero-order valence-electron chi connectivity index (χ0n) is 19.0. The third-order valence-electron chi connectivity index (χ3n) is 6.02. The van der Waals surface area contributed by atoms with Gasteiger partial charge in [-0.05, 0) is 81.1 Å². The van der Waals surface area contributed by atoms with Crippen molar-refractivity contribution in [1.29, 1.82) is 0 Å². The van der Waals surface area contributed by atoms with Crippen molar-refractivity contribution >= 4 is 12.6 Å². The second kappa shape index (κ2) is 8.91. The minimum absolute atomic E-state index is 0.0694. The van der Waals surface area contributed by atoms with E-state index in [-0.39, 0.29) is 16.0 Å². The number of nitrogens with zero attached hydrogens (tertiary/aromatic N) is 2. The number of hydrogen-bond acceptors (Lipinski definition) is 5. The van der Waals surface area contributed by atoms with Crippen LogP contribution in [0.4, 0.5) is 0 Å². The quantitative estimate of drug-likeness (QED) is 0.603. The first-order valence-electron chi connectivity index (χ1n) is 10.8. The van der Waals surface area contributed by atoms with Crippen LogP contribution in [-0.4, -0.2) is 70.3 Å². The molecule has 2 fully saturated rings. The van der Waals surface area contributed by atoms with Crippen LogP contribution in [0.5, 0.6) is 0 Å². The zero-order valence-corrected chi connectivity index (χ0v) is 19.9. The predicted molar refractivity (Wildman–Crippen MR) is 118 cm³/mol. The van der Waals surface area contributed by atoms with Gasteiger partial charge in [-0.15, -0.1) is 0 Å². The van der Waals surface area contributed by atoms with Crippen LogP contribution in [0.15, 0.2) is 0 Å². The molecule has 27 heavy (non-hydrogen) atoms. The summed E-state index contributed by atoms with van der Waals surface area (Å²) in [5, 5.41) is 0. The van der Waals surface area contributed by atoms with Crippen molar-refractivity contribution in [2.75, 3.05) is 26.2 Å². The zero-order chi connectivity index (χ0) is 20.5. The van der Waals surface area contributed by atoms with E-state index < -0.39 is 0 Å². The van der Waals surface area contributed by atoms with Crippen molar-refractivity contribution in [2.45, 2.75) is 115 Å². The van der Waals surface area contributed by atoms with Crippen molar-refractivity contribution in [3.63, 3.8) is 0 Å². The minimum Gasteiger partial charge on any atom is -0.374 e. The number of ether oxygens (including phenoxy) is 2. The maximum absolute atomic E-state index is 6.20. The smallest absolute Gasteiger partial charge is 0.0721 e. The first-order valence-corrected chi connectivity index (χ1v) is 11.3. The van der Waals surface area contributed by atoms with Gasteiger partial charge >= 0.3 is 0 Å². The van der Waals surface area contributed by atoms with E-state index in [1.807, 2.05) is 0 Å². The van der Waals surface area contributed by atoms with E-state index >= 15 is 0 Å². The fraction of sp³-hybridized carbons (Fsp3) is 1.00. The van der Waals surface area contributed by atoms with E-state index in [2.05, 4.69) is 65.2 Å². The Morgan fingerprint density at radius 3 is 2.04 bits per heavy atom. The van der Waals surface area contributed by atoms with Gasteiger partial charge in [0.1, 0.15) is 0 Å². The van der Waals surface area contributed by atoms with E-state index in [1.54, 1.807) is 0 Å². The molecule has 0 aromatic heterocycles. The first kappa shape index (κ1) is 23.5. The third-order valence-corrected chi connectivity index (χ3v) is 6.53. The van der Waals surface area contributed by atoms with Crippen LogP contribution in [0.25, 0.3) is 0 Å². The number of hydrogen-bond donors (Lipinski definition) is 1. The van der Waals surface area contributed by atoms with E-state index in [0.29, 0.717) is 18.3 Å². The normalized spacial score (nSPS) is 28.2. The van der Waals surface area contributed by atoms with Crippen LogP contribution in [0, 0.1) is 0 Å². The van der Waals surface area contributed by atoms with Gasteiger partial charge in [0.25, 0.3) is 0 Å². The van der Waals surface area contributed by atoms with Gasteiger partial charge in [0.05, 0.1) is 28.8 Å². The molecule has 2 saturated heterocycles. The van der Waals surface area contributed by atoms with Gasteiger partial charge in [0.15, 0.2) is 0 Å². The number of thiol groups is 1. The highest BCUT2D eigenvalue weighted by Gasteiger charge is 2.39. The summed E-state index contributed by atoms with van der Waals surface area (Å²) >= 11 is 5.08. The van der Waals surface area contributed by atoms with Crippen molar-refractivity contribution in [2.24, 2.45) is 0 Å². The Morgan fingerprint density at radius 1 is 0.889 bits per heavy atom. The molecule has 0 aromatic carbocycles. The van der Waals surface area contributed by atoms with Crippen LogP contribution < -0.4 is 0 Å². The standard InChI is InChI=1S/C22H44N2O2S/c1-17(2)25-18-9-13-23(15-18)21(6,7)11-12-22(8,27)24-14-10-19(16-24)26-20(3,4)5/h17-19,27H,9-16H2,1-8H3/t18-,19-,22?/m1/s1. The molecule has 0 saturated carbocycles. The maximum Gasteiger partial charge on any atom is 0.0721 e. The molecule has 0 amide bonds. The van der Waals surface area contributed by atoms with Crippen LogP contribution in [0.2, 0.25) is 0 Å². The molecule has 0 spiro atoms. The summed E-state index contributed by atoms with van der Waals surface area (Å²) in [4.78, 5) is 5.04. The van der Waals surface area contributed by atoms with E-state index in [0.717, 1.165) is 51.9 Å². The molecular weight excluding hydrogens is 356 g/mol. The largest absolute Gasteiger partial charge is 0.374 e. The van der Waals surface area contributed by atoms with Crippen LogP contribution in [0.1, 0.15) is 81.1 Å². The Bertz CT molecular complexity index is 473. The lowest BCUT2D eigenvalue weighted by molar-refractivity contribution is -0.0558. The highest BCUT2D eigenvalue weighted by molar-refractivity contribution is 7.81. The molecule has 3 atom stereocenters. The first-order chi connectivity index (χ1) is 12.3. The van der Waals surface area contributed by atoms with Crippen molar-refractivity contribution < 1.29 is 9.47 Å². The second-order valence-corrected chi connectivity index (χ2v) is 11.6. The lowest BCUT2D eigenvalue weighted by Crippen LogP contribution is -2.47. The van der Waals surface area contributed by atoms with Crippen LogP contribution >= 0.6 is 12.6 Å². The molecule has 4 nitrogen and oxygen atoms in total. The summed E-state index contributed by atoms with van der Waals surface area (Å²) in [6.07, 6.45) is 5.52. The highest BCUT2D eigenvalue weighted by Crippen LogP contribution is 2.35. The molecule has 0 aromatic rings. The Morgan fingerprint density at radius 2 is 1.44 bits per heavy atom. The van der Waals surface area contributed by atoms with Gasteiger partial charge in [-0.3, -0.25) is 9.80 Å². The van der Waals surface area contributed by atoms with Crippen molar-refractivity contribution in [3.05, 3.63) is 0 Å². The summed E-state index contributed by atoms with van der Waals surface area (Å²) in [7, 11) is 0. The molecule has 0 aliphatic carbocycles. The van der Waals surface area contributed by atoms with E-state index in [9.17, 15) is 0 Å². The Hall–Kier alpha value is 0.190. The van der Waals surface area contributed by atoms with Crippen molar-refractivity contribution in [1.82, 2.24) is 9.80 Å². The van der Waals surface area contributed by atoms with E-state index in [1.165, 1.54) is 0 Å². The molecule has 0 N–H and O–H groups in total. The summed E-state index contributed by atoms with van der Waals surface area (Å²) in [6.45, 7) is 22.0. The summed E-state index contributed by atoms with van der Waals surface area (Å²) in [6, 6.07) is 0. The molecular formula is C22H44N2O2S. The Kier molecular flexibility index (Phi) is 7.74. The fourth-order valence-electron chi connectivity index (χ4n) is 4.39. The molecule has 2 rings (SSSR count). The average molecular weight is 401 g/mol. The molecule has 160 valence electrons. The summed E-state index contributed by atoms with van der Waals surface area (Å²) in [5.74, 6) is 0. The number of likely N-dealkylation sites (tertiary alicyclic amines) is 2. The van der Waals surface area contributed by atoms with Crippen molar-refractivity contribution in [3.8, 4) is 0 Å². The predicted octanol–water partition coefficient (Wildman–Crippen LogP) is 4.58. The van der Waals surface area contributed by atoms with Gasteiger partial charge in [0.2, 0.25) is 0 Å². The summed E-state index contributed by atoms with van der Waals surface area (Å²) < 4.78 is 12.2. The fourth-order valence-corrected chi connectivity index (χ4v) is 4.69. The van der Waals surface area contributed by atoms with Gasteiger partial charge in [-0.25, -0.2) is 0 Å². The van der Waals surface area contributed by atoms with Gasteiger partial charge < -0.3 is 9.47 Å². The van der Waals surface area contributed by atoms with Gasteiger partial charge in [-0.2, -0.15) is 12.6 Å². The van der Waals surface area contributed by atoms with E-state index in [4.69, 9.17) is 22.1 Å². The molecule has 0 bridgehead atoms. The molecule has 2 aliphatic rings. The third kappa shape index (κ3) is 7.18. The lowest BCUT2D eigenvalue weighted by Gasteiger charge is -2.41. The molecule has 1 unspecified atom stereocenters. The number of rotatable bonds is 8. The second-order valence-electron chi connectivity index (χ2n) is 10.7. The summed E-state index contributed by atoms with van der Waals surface area (Å²) in [5.41, 5.74) is 0.111. The molecule has 0 radical (unpaired) electrons. The Balaban J connectivity index is 1.83. The average Bonchev–Trinajstić information content (AvgIpc) is 3.13. The van der Waals surface area contributed by atoms with Gasteiger partial charge in [0, 0.05) is 31.7 Å². The minimum atomic E-state index is -0.0825. The monoisotopic (exact) mass is 400 g/mol. The topological polar surface area (TPSA) is 24.9 Å². The maximum atomic E-state index is 6.20. The van der Waals surface area contributed by atoms with Crippen LogP contribution in [0.3, 0.4) is 0 Å². The van der Waals surface area contributed by atoms with Crippen LogP contribution in [-0.2, 0) is 9.47 Å². The van der Waals surface area contributed by atoms with Gasteiger partial charge in [-0.1, -0.05) is 0 Å².